The molecule has 14 heteroatoms. The standard InChI is InChI=1S/C24H31F3N4O5S2/c1-36-15-22-28-12-20(37-22)23(33)8-5-18(6-9-23)31-10-7-17(14-31)30-21(32)13-29-38(34,35)19-4-2-3-16(11-19)24(25,26)27/h2-4,11-12,17-18,29,33H,5-10,13-15H2,1H3,(H,30,32). The number of aromatic nitrogens is 1. The van der Waals surface area contributed by atoms with Crippen LogP contribution in [0.1, 0.15) is 47.6 Å². The van der Waals surface area contributed by atoms with Gasteiger partial charge in [0, 0.05) is 38.5 Å². The van der Waals surface area contributed by atoms with Crippen LogP contribution in [-0.2, 0) is 37.9 Å². The largest absolute Gasteiger partial charge is 0.416 e. The van der Waals surface area contributed by atoms with Gasteiger partial charge in [-0.3, -0.25) is 9.69 Å². The van der Waals surface area contributed by atoms with Gasteiger partial charge in [-0.25, -0.2) is 18.1 Å². The first-order valence-electron chi connectivity index (χ1n) is 12.3. The molecule has 1 amide bonds. The lowest BCUT2D eigenvalue weighted by atomic mass is 9.81. The highest BCUT2D eigenvalue weighted by atomic mass is 32.2. The summed E-state index contributed by atoms with van der Waals surface area (Å²) in [6.07, 6.45) is 0.554. The predicted molar refractivity (Wildman–Crippen MR) is 134 cm³/mol. The Morgan fingerprint density at radius 1 is 1.29 bits per heavy atom. The monoisotopic (exact) mass is 576 g/mol. The minimum atomic E-state index is -4.68. The van der Waals surface area contributed by atoms with Crippen LogP contribution in [0.25, 0.3) is 0 Å². The van der Waals surface area contributed by atoms with Crippen LogP contribution in [0.4, 0.5) is 13.2 Å². The predicted octanol–water partition coefficient (Wildman–Crippen LogP) is 2.61. The molecule has 4 rings (SSSR count). The Morgan fingerprint density at radius 3 is 2.71 bits per heavy atom. The summed E-state index contributed by atoms with van der Waals surface area (Å²) in [6.45, 7) is 1.21. The van der Waals surface area contributed by atoms with Crippen LogP contribution in [0.15, 0.2) is 35.4 Å². The van der Waals surface area contributed by atoms with Gasteiger partial charge >= 0.3 is 6.18 Å². The summed E-state index contributed by atoms with van der Waals surface area (Å²) in [6, 6.07) is 3.47. The van der Waals surface area contributed by atoms with Gasteiger partial charge < -0.3 is 15.2 Å². The number of amides is 1. The number of nitrogens with zero attached hydrogens (tertiary/aromatic N) is 2. The lowest BCUT2D eigenvalue weighted by Gasteiger charge is -2.39. The van der Waals surface area contributed by atoms with Crippen molar-refractivity contribution in [1.29, 1.82) is 0 Å². The molecule has 1 saturated heterocycles. The van der Waals surface area contributed by atoms with Gasteiger partial charge in [0.25, 0.3) is 0 Å². The molecular formula is C24H31F3N4O5S2. The van der Waals surface area contributed by atoms with Gasteiger partial charge in [0.05, 0.1) is 28.5 Å². The number of ether oxygens (including phenoxy) is 1. The van der Waals surface area contributed by atoms with E-state index in [0.717, 1.165) is 47.5 Å². The quantitative estimate of drug-likeness (QED) is 0.420. The third-order valence-corrected chi connectivity index (χ3v) is 9.62. The number of rotatable bonds is 9. The van der Waals surface area contributed by atoms with Crippen molar-refractivity contribution in [2.75, 3.05) is 26.7 Å². The van der Waals surface area contributed by atoms with E-state index in [1.165, 1.54) is 11.3 Å². The van der Waals surface area contributed by atoms with E-state index in [1.807, 2.05) is 0 Å². The molecule has 2 aromatic rings. The van der Waals surface area contributed by atoms with E-state index in [4.69, 9.17) is 4.74 Å². The first-order chi connectivity index (χ1) is 17.9. The molecule has 210 valence electrons. The van der Waals surface area contributed by atoms with E-state index >= 15 is 0 Å². The van der Waals surface area contributed by atoms with Gasteiger partial charge in [-0.1, -0.05) is 6.07 Å². The zero-order chi connectivity index (χ0) is 27.6. The summed E-state index contributed by atoms with van der Waals surface area (Å²) in [5.41, 5.74) is -1.98. The fraction of sp³-hybridized carbons (Fsp3) is 0.583. The molecule has 0 radical (unpaired) electrons. The lowest BCUT2D eigenvalue weighted by molar-refractivity contribution is -0.137. The molecule has 1 aliphatic carbocycles. The van der Waals surface area contributed by atoms with Crippen molar-refractivity contribution in [1.82, 2.24) is 19.9 Å². The Hall–Kier alpha value is -2.10. The van der Waals surface area contributed by atoms with Crippen LogP contribution in [0.2, 0.25) is 0 Å². The van der Waals surface area contributed by atoms with Crippen LogP contribution in [0, 0.1) is 0 Å². The van der Waals surface area contributed by atoms with E-state index in [1.54, 1.807) is 13.3 Å². The summed E-state index contributed by atoms with van der Waals surface area (Å²) in [5.74, 6) is -0.553. The second kappa shape index (κ2) is 11.6. The fourth-order valence-electron chi connectivity index (χ4n) is 5.01. The number of carbonyl (C=O) groups excluding carboxylic acids is 1. The molecular weight excluding hydrogens is 545 g/mol. The number of benzene rings is 1. The van der Waals surface area contributed by atoms with Crippen molar-refractivity contribution in [2.24, 2.45) is 0 Å². The lowest BCUT2D eigenvalue weighted by Crippen LogP contribution is -2.45. The maximum Gasteiger partial charge on any atom is 0.416 e. The maximum atomic E-state index is 12.9. The number of hydrogen-bond acceptors (Lipinski definition) is 8. The molecule has 2 fully saturated rings. The summed E-state index contributed by atoms with van der Waals surface area (Å²) in [5, 5.41) is 14.8. The van der Waals surface area contributed by atoms with Crippen molar-refractivity contribution < 1.29 is 36.2 Å². The number of likely N-dealkylation sites (tertiary alicyclic amines) is 1. The molecule has 2 heterocycles. The SMILES string of the molecule is COCc1ncc(C2(O)CCC(N3CCC(NC(=O)CNS(=O)(=O)c4cccc(C(F)(F)F)c4)C3)CC2)s1. The molecule has 1 aromatic heterocycles. The highest BCUT2D eigenvalue weighted by molar-refractivity contribution is 7.89. The molecule has 0 bridgehead atoms. The molecule has 38 heavy (non-hydrogen) atoms. The van der Waals surface area contributed by atoms with Gasteiger partial charge in [-0.15, -0.1) is 11.3 Å². The Morgan fingerprint density at radius 2 is 2.03 bits per heavy atom. The van der Waals surface area contributed by atoms with Gasteiger partial charge in [0.15, 0.2) is 0 Å². The summed E-state index contributed by atoms with van der Waals surface area (Å²) < 4.78 is 70.7. The van der Waals surface area contributed by atoms with E-state index in [0.29, 0.717) is 38.5 Å². The van der Waals surface area contributed by atoms with Crippen molar-refractivity contribution in [2.45, 2.75) is 67.5 Å². The van der Waals surface area contributed by atoms with Gasteiger partial charge in [-0.05, 0) is 50.3 Å². The van der Waals surface area contributed by atoms with Gasteiger partial charge in [-0.2, -0.15) is 13.2 Å². The second-order valence-electron chi connectivity index (χ2n) is 9.71. The summed E-state index contributed by atoms with van der Waals surface area (Å²) in [7, 11) is -2.69. The minimum absolute atomic E-state index is 0.167. The molecule has 1 saturated carbocycles. The van der Waals surface area contributed by atoms with Crippen molar-refractivity contribution in [3.05, 3.63) is 45.9 Å². The molecule has 9 nitrogen and oxygen atoms in total. The second-order valence-corrected chi connectivity index (χ2v) is 12.6. The van der Waals surface area contributed by atoms with Crippen molar-refractivity contribution in [3.8, 4) is 0 Å². The average Bonchev–Trinajstić information content (AvgIpc) is 3.54. The summed E-state index contributed by atoms with van der Waals surface area (Å²) in [4.78, 5) is 19.3. The van der Waals surface area contributed by atoms with Crippen molar-refractivity contribution >= 4 is 27.3 Å². The van der Waals surface area contributed by atoms with Crippen molar-refractivity contribution in [3.63, 3.8) is 0 Å². The molecule has 0 spiro atoms. The normalized spacial score (nSPS) is 25.0. The van der Waals surface area contributed by atoms with E-state index in [-0.39, 0.29) is 12.1 Å². The molecule has 1 unspecified atom stereocenters. The van der Waals surface area contributed by atoms with Gasteiger partial charge in [0.1, 0.15) is 10.6 Å². The third kappa shape index (κ3) is 6.90. The molecule has 1 atom stereocenters. The zero-order valence-electron chi connectivity index (χ0n) is 20.8. The number of hydrogen-bond donors (Lipinski definition) is 3. The number of nitrogens with one attached hydrogen (secondary N) is 2. The zero-order valence-corrected chi connectivity index (χ0v) is 22.5. The number of halogens is 3. The topological polar surface area (TPSA) is 121 Å². The Balaban J connectivity index is 1.24. The number of carbonyl (C=O) groups is 1. The van der Waals surface area contributed by atoms with E-state index in [2.05, 4.69) is 19.9 Å². The first kappa shape index (κ1) is 28.9. The fourth-order valence-corrected chi connectivity index (χ4v) is 7.07. The molecule has 3 N–H and O–H groups in total. The highest BCUT2D eigenvalue weighted by Gasteiger charge is 2.40. The molecule has 1 aliphatic heterocycles. The smallest absolute Gasteiger partial charge is 0.384 e. The van der Waals surface area contributed by atoms with Crippen LogP contribution in [0.3, 0.4) is 0 Å². The Labute approximate surface area is 223 Å². The van der Waals surface area contributed by atoms with Crippen LogP contribution in [0.5, 0.6) is 0 Å². The van der Waals surface area contributed by atoms with Crippen LogP contribution < -0.4 is 10.0 Å². The maximum absolute atomic E-state index is 12.9. The van der Waals surface area contributed by atoms with E-state index in [9.17, 15) is 31.5 Å². The first-order valence-corrected chi connectivity index (χ1v) is 14.6. The van der Waals surface area contributed by atoms with Crippen LogP contribution in [-0.4, -0.2) is 68.1 Å². The van der Waals surface area contributed by atoms with E-state index < -0.39 is 44.7 Å². The number of alkyl halides is 3. The molecule has 1 aromatic carbocycles. The van der Waals surface area contributed by atoms with Crippen LogP contribution >= 0.6 is 11.3 Å². The average molecular weight is 577 g/mol. The Kier molecular flexibility index (Phi) is 8.79. The minimum Gasteiger partial charge on any atom is -0.384 e. The number of sulfonamides is 1. The van der Waals surface area contributed by atoms with Gasteiger partial charge in [0.2, 0.25) is 15.9 Å². The third-order valence-electron chi connectivity index (χ3n) is 7.06. The Bertz CT molecular complexity index is 1230. The number of thiazole rings is 1. The summed E-state index contributed by atoms with van der Waals surface area (Å²) >= 11 is 1.46. The molecule has 2 aliphatic rings. The number of methoxy groups -OCH3 is 1. The highest BCUT2D eigenvalue weighted by Crippen LogP contribution is 2.41. The number of aliphatic hydroxyl groups is 1.